The van der Waals surface area contributed by atoms with Gasteiger partial charge in [0.05, 0.1) is 6.54 Å². The first-order valence-electron chi connectivity index (χ1n) is 9.81. The Balaban J connectivity index is 1.46. The molecule has 1 saturated heterocycles. The molecule has 0 amide bonds. The van der Waals surface area contributed by atoms with Gasteiger partial charge in [-0.25, -0.2) is 0 Å². The third kappa shape index (κ3) is 4.79. The Morgan fingerprint density at radius 3 is 2.77 bits per heavy atom. The molecule has 1 aliphatic rings. The third-order valence-corrected chi connectivity index (χ3v) is 5.43. The number of rotatable bonds is 6. The molecule has 0 aliphatic carbocycles. The summed E-state index contributed by atoms with van der Waals surface area (Å²) in [6, 6.07) is 10.2. The number of fused-ring (bicyclic) bond motifs is 1. The summed E-state index contributed by atoms with van der Waals surface area (Å²) in [6.45, 7) is 7.63. The molecule has 0 unspecified atom stereocenters. The maximum Gasteiger partial charge on any atom is 0.193 e. The molecule has 1 fully saturated rings. The first-order chi connectivity index (χ1) is 12.7. The number of furan rings is 1. The Morgan fingerprint density at radius 2 is 2.08 bits per heavy atom. The van der Waals surface area contributed by atoms with Gasteiger partial charge in [0, 0.05) is 26.0 Å². The van der Waals surface area contributed by atoms with Crippen molar-refractivity contribution < 1.29 is 4.42 Å². The number of likely N-dealkylation sites (tertiary alicyclic amines) is 1. The highest BCUT2D eigenvalue weighted by Gasteiger charge is 2.18. The number of hydrogen-bond donors (Lipinski definition) is 1. The first-order valence-corrected chi connectivity index (χ1v) is 9.81. The van der Waals surface area contributed by atoms with E-state index in [0.29, 0.717) is 6.54 Å². The summed E-state index contributed by atoms with van der Waals surface area (Å²) in [5, 5.41) is 4.67. The van der Waals surface area contributed by atoms with E-state index in [1.165, 1.54) is 38.9 Å². The molecule has 5 nitrogen and oxygen atoms in total. The predicted molar refractivity (Wildman–Crippen MR) is 108 cm³/mol. The molecule has 1 aromatic heterocycles. The third-order valence-electron chi connectivity index (χ3n) is 5.43. The van der Waals surface area contributed by atoms with Crippen LogP contribution < -0.4 is 5.32 Å². The number of para-hydroxylation sites is 1. The number of nitrogens with zero attached hydrogens (tertiary/aromatic N) is 3. The fourth-order valence-corrected chi connectivity index (χ4v) is 3.79. The summed E-state index contributed by atoms with van der Waals surface area (Å²) in [5.74, 6) is 2.73. The van der Waals surface area contributed by atoms with Crippen LogP contribution in [0.2, 0.25) is 0 Å². The van der Waals surface area contributed by atoms with E-state index in [9.17, 15) is 0 Å². The van der Waals surface area contributed by atoms with E-state index in [1.807, 2.05) is 25.2 Å². The van der Waals surface area contributed by atoms with Gasteiger partial charge in [-0.1, -0.05) is 25.1 Å². The Morgan fingerprint density at radius 1 is 1.31 bits per heavy atom. The average molecular weight is 357 g/mol. The lowest BCUT2D eigenvalue weighted by atomic mass is 9.93. The minimum Gasteiger partial charge on any atom is -0.459 e. The highest BCUT2D eigenvalue weighted by molar-refractivity contribution is 5.80. The summed E-state index contributed by atoms with van der Waals surface area (Å²) in [4.78, 5) is 9.10. The summed E-state index contributed by atoms with van der Waals surface area (Å²) >= 11 is 0. The van der Waals surface area contributed by atoms with Crippen LogP contribution in [0.15, 0.2) is 39.7 Å². The van der Waals surface area contributed by atoms with E-state index in [1.54, 1.807) is 0 Å². The van der Waals surface area contributed by atoms with E-state index in [-0.39, 0.29) is 0 Å². The standard InChI is InChI=1S/C21H32N4O/c1-4-25-13-10-17(11-14-25)9-12-23-21(22-2)24(3)16-19-15-18-7-5-6-8-20(18)26-19/h5-8,15,17H,4,9-14,16H2,1-3H3,(H,22,23). The van der Waals surface area contributed by atoms with E-state index in [2.05, 4.69) is 46.2 Å². The zero-order valence-electron chi connectivity index (χ0n) is 16.4. The molecule has 1 aliphatic heterocycles. The monoisotopic (exact) mass is 356 g/mol. The van der Waals surface area contributed by atoms with Crippen LogP contribution in [0.3, 0.4) is 0 Å². The first kappa shape index (κ1) is 18.8. The second-order valence-electron chi connectivity index (χ2n) is 7.25. The van der Waals surface area contributed by atoms with Crippen LogP contribution in [-0.2, 0) is 6.54 Å². The molecule has 0 spiro atoms. The molecule has 2 heterocycles. The normalized spacial score (nSPS) is 17.0. The second kappa shape index (κ2) is 9.08. The molecule has 1 N–H and O–H groups in total. The maximum absolute atomic E-state index is 5.92. The number of nitrogens with one attached hydrogen (secondary N) is 1. The molecule has 2 aromatic rings. The van der Waals surface area contributed by atoms with Crippen molar-refractivity contribution in [3.05, 3.63) is 36.1 Å². The predicted octanol–water partition coefficient (Wildman–Crippen LogP) is 3.56. The maximum atomic E-state index is 5.92. The Hall–Kier alpha value is -2.01. The number of hydrogen-bond acceptors (Lipinski definition) is 3. The zero-order chi connectivity index (χ0) is 18.4. The van der Waals surface area contributed by atoms with Gasteiger partial charge in [0.1, 0.15) is 11.3 Å². The number of aliphatic imine (C=N–C) groups is 1. The molecule has 142 valence electrons. The quantitative estimate of drug-likeness (QED) is 0.635. The van der Waals surface area contributed by atoms with Crippen molar-refractivity contribution in [2.45, 2.75) is 32.7 Å². The average Bonchev–Trinajstić information content (AvgIpc) is 3.07. The number of guanidine groups is 1. The minimum atomic E-state index is 0.712. The van der Waals surface area contributed by atoms with Gasteiger partial charge in [-0.15, -0.1) is 0 Å². The van der Waals surface area contributed by atoms with Gasteiger partial charge in [0.25, 0.3) is 0 Å². The van der Waals surface area contributed by atoms with Crippen LogP contribution in [0.4, 0.5) is 0 Å². The summed E-state index contributed by atoms with van der Waals surface area (Å²) in [7, 11) is 3.90. The van der Waals surface area contributed by atoms with E-state index >= 15 is 0 Å². The van der Waals surface area contributed by atoms with Crippen molar-refractivity contribution in [2.24, 2.45) is 10.9 Å². The van der Waals surface area contributed by atoms with Gasteiger partial charge >= 0.3 is 0 Å². The van der Waals surface area contributed by atoms with Gasteiger partial charge in [-0.3, -0.25) is 4.99 Å². The molecule has 26 heavy (non-hydrogen) atoms. The van der Waals surface area contributed by atoms with Crippen LogP contribution in [0.5, 0.6) is 0 Å². The highest BCUT2D eigenvalue weighted by atomic mass is 16.3. The topological polar surface area (TPSA) is 44.0 Å². The largest absolute Gasteiger partial charge is 0.459 e. The highest BCUT2D eigenvalue weighted by Crippen LogP contribution is 2.21. The lowest BCUT2D eigenvalue weighted by molar-refractivity contribution is 0.187. The second-order valence-corrected chi connectivity index (χ2v) is 7.25. The van der Waals surface area contributed by atoms with Gasteiger partial charge in [-0.05, 0) is 56.9 Å². The molecule has 0 atom stereocenters. The van der Waals surface area contributed by atoms with Crippen molar-refractivity contribution >= 4 is 16.9 Å². The van der Waals surface area contributed by atoms with Crippen LogP contribution in [0.25, 0.3) is 11.0 Å². The smallest absolute Gasteiger partial charge is 0.193 e. The van der Waals surface area contributed by atoms with Crippen molar-refractivity contribution in [1.29, 1.82) is 0 Å². The number of piperidine rings is 1. The van der Waals surface area contributed by atoms with Crippen molar-refractivity contribution in [3.8, 4) is 0 Å². The van der Waals surface area contributed by atoms with Gasteiger partial charge in [0.2, 0.25) is 0 Å². The lowest BCUT2D eigenvalue weighted by Gasteiger charge is -2.31. The molecule has 0 saturated carbocycles. The van der Waals surface area contributed by atoms with Crippen LogP contribution in [0, 0.1) is 5.92 Å². The fourth-order valence-electron chi connectivity index (χ4n) is 3.79. The van der Waals surface area contributed by atoms with Crippen molar-refractivity contribution in [3.63, 3.8) is 0 Å². The summed E-state index contributed by atoms with van der Waals surface area (Å²) in [5.41, 5.74) is 0.942. The van der Waals surface area contributed by atoms with E-state index in [0.717, 1.165) is 35.2 Å². The van der Waals surface area contributed by atoms with Gasteiger partial charge in [0.15, 0.2) is 5.96 Å². The molecule has 0 radical (unpaired) electrons. The number of benzene rings is 1. The van der Waals surface area contributed by atoms with Crippen molar-refractivity contribution in [1.82, 2.24) is 15.1 Å². The molecule has 1 aromatic carbocycles. The van der Waals surface area contributed by atoms with Crippen LogP contribution in [-0.4, -0.2) is 56.0 Å². The molecular formula is C21H32N4O. The van der Waals surface area contributed by atoms with Gasteiger partial charge in [-0.2, -0.15) is 0 Å². The summed E-state index contributed by atoms with van der Waals surface area (Å²) in [6.07, 6.45) is 3.86. The molecule has 3 rings (SSSR count). The molecule has 5 heteroatoms. The van der Waals surface area contributed by atoms with Crippen LogP contribution in [0.1, 0.15) is 31.9 Å². The molecule has 0 bridgehead atoms. The lowest BCUT2D eigenvalue weighted by Crippen LogP contribution is -2.40. The van der Waals surface area contributed by atoms with E-state index < -0.39 is 0 Å². The van der Waals surface area contributed by atoms with E-state index in [4.69, 9.17) is 4.42 Å². The Kier molecular flexibility index (Phi) is 6.56. The Bertz CT molecular complexity index is 683. The summed E-state index contributed by atoms with van der Waals surface area (Å²) < 4.78 is 5.92. The molecular weight excluding hydrogens is 324 g/mol. The Labute approximate surface area is 157 Å². The van der Waals surface area contributed by atoms with Crippen LogP contribution >= 0.6 is 0 Å². The fraction of sp³-hybridized carbons (Fsp3) is 0.571. The van der Waals surface area contributed by atoms with Crippen molar-refractivity contribution in [2.75, 3.05) is 40.3 Å². The zero-order valence-corrected chi connectivity index (χ0v) is 16.4. The SMILES string of the molecule is CCN1CCC(CCNC(=NC)N(C)Cc2cc3ccccc3o2)CC1. The minimum absolute atomic E-state index is 0.712. The van der Waals surface area contributed by atoms with Gasteiger partial charge < -0.3 is 19.5 Å².